The maximum atomic E-state index is 12.2. The molecule has 0 spiro atoms. The zero-order valence-electron chi connectivity index (χ0n) is 19.4. The minimum absolute atomic E-state index is 0.00739. The van der Waals surface area contributed by atoms with Crippen molar-refractivity contribution in [2.75, 3.05) is 0 Å². The maximum Gasteiger partial charge on any atom is 0.336 e. The van der Waals surface area contributed by atoms with Gasteiger partial charge in [-0.05, 0) is 35.4 Å². The van der Waals surface area contributed by atoms with Crippen molar-refractivity contribution >= 4 is 23.9 Å². The van der Waals surface area contributed by atoms with E-state index in [1.165, 1.54) is 12.1 Å². The summed E-state index contributed by atoms with van der Waals surface area (Å²) >= 11 is 0. The van der Waals surface area contributed by atoms with Gasteiger partial charge in [0.1, 0.15) is 11.5 Å². The molecule has 0 saturated heterocycles. The molecular formula is C29H18O9. The third-order valence-electron chi connectivity index (χ3n) is 6.60. The Morgan fingerprint density at radius 2 is 0.816 bits per heavy atom. The molecule has 1 aliphatic rings. The fraction of sp³-hybridized carbons (Fsp3) is 0.0345. The summed E-state index contributed by atoms with van der Waals surface area (Å²) in [6, 6.07) is 22.2. The molecule has 0 bridgehead atoms. The first-order chi connectivity index (χ1) is 18.2. The number of rotatable bonds is 6. The van der Waals surface area contributed by atoms with Gasteiger partial charge in [0.15, 0.2) is 0 Å². The van der Waals surface area contributed by atoms with E-state index in [1.807, 2.05) is 0 Å². The van der Waals surface area contributed by atoms with Crippen molar-refractivity contribution < 1.29 is 44.3 Å². The van der Waals surface area contributed by atoms with Crippen LogP contribution >= 0.6 is 0 Å². The lowest BCUT2D eigenvalue weighted by Gasteiger charge is -2.42. The molecule has 38 heavy (non-hydrogen) atoms. The lowest BCUT2D eigenvalue weighted by molar-refractivity contribution is 0.0650. The first-order valence-corrected chi connectivity index (χ1v) is 11.2. The predicted octanol–water partition coefficient (Wildman–Crippen LogP) is 4.97. The number of benzene rings is 4. The SMILES string of the molecule is O=C(O)c1cc2c(cc1C(=O)O)C(c1ccccc1)(c1ccccc1)c1cc(C(=O)O)c(C(=O)O)cc1O2. The molecule has 9 nitrogen and oxygen atoms in total. The molecule has 0 amide bonds. The van der Waals surface area contributed by atoms with Crippen LogP contribution in [0.25, 0.3) is 0 Å². The normalized spacial score (nSPS) is 12.9. The lowest BCUT2D eigenvalue weighted by Crippen LogP contribution is -2.35. The molecule has 188 valence electrons. The highest BCUT2D eigenvalue weighted by molar-refractivity contribution is 6.04. The highest BCUT2D eigenvalue weighted by Gasteiger charge is 2.47. The Morgan fingerprint density at radius 3 is 1.13 bits per heavy atom. The van der Waals surface area contributed by atoms with E-state index in [-0.39, 0.29) is 22.6 Å². The molecule has 4 N–H and O–H groups in total. The van der Waals surface area contributed by atoms with Crippen LogP contribution in [-0.4, -0.2) is 44.3 Å². The molecule has 0 saturated carbocycles. The molecule has 0 fully saturated rings. The van der Waals surface area contributed by atoms with E-state index in [2.05, 4.69) is 0 Å². The van der Waals surface area contributed by atoms with Crippen molar-refractivity contribution in [1.82, 2.24) is 0 Å². The predicted molar refractivity (Wildman–Crippen MR) is 133 cm³/mol. The quantitative estimate of drug-likeness (QED) is 0.247. The van der Waals surface area contributed by atoms with E-state index < -0.39 is 51.5 Å². The summed E-state index contributed by atoms with van der Waals surface area (Å²) in [7, 11) is 0. The number of hydrogen-bond donors (Lipinski definition) is 4. The van der Waals surface area contributed by atoms with Crippen molar-refractivity contribution in [3.63, 3.8) is 0 Å². The van der Waals surface area contributed by atoms with Gasteiger partial charge in [0.05, 0.1) is 27.7 Å². The van der Waals surface area contributed by atoms with Crippen molar-refractivity contribution in [3.05, 3.63) is 129 Å². The second kappa shape index (κ2) is 8.90. The van der Waals surface area contributed by atoms with E-state index in [1.54, 1.807) is 60.7 Å². The van der Waals surface area contributed by atoms with E-state index in [0.29, 0.717) is 11.1 Å². The van der Waals surface area contributed by atoms with Gasteiger partial charge in [-0.3, -0.25) is 0 Å². The number of carboxylic acids is 4. The van der Waals surface area contributed by atoms with Crippen LogP contribution in [0, 0.1) is 0 Å². The summed E-state index contributed by atoms with van der Waals surface area (Å²) in [6.07, 6.45) is 0. The summed E-state index contributed by atoms with van der Waals surface area (Å²) in [5.74, 6) is -5.94. The van der Waals surface area contributed by atoms with Gasteiger partial charge in [0.2, 0.25) is 0 Å². The fourth-order valence-electron chi connectivity index (χ4n) is 5.05. The Labute approximate surface area is 214 Å². The molecule has 0 aliphatic carbocycles. The summed E-state index contributed by atoms with van der Waals surface area (Å²) in [4.78, 5) is 48.2. The molecule has 5 rings (SSSR count). The van der Waals surface area contributed by atoms with Crippen LogP contribution in [0.5, 0.6) is 11.5 Å². The summed E-state index contributed by atoms with van der Waals surface area (Å²) in [5, 5.41) is 39.2. The van der Waals surface area contributed by atoms with Gasteiger partial charge in [-0.15, -0.1) is 0 Å². The van der Waals surface area contributed by atoms with Gasteiger partial charge in [0.25, 0.3) is 0 Å². The highest BCUT2D eigenvalue weighted by atomic mass is 16.5. The lowest BCUT2D eigenvalue weighted by atomic mass is 9.63. The molecule has 0 unspecified atom stereocenters. The van der Waals surface area contributed by atoms with Crippen molar-refractivity contribution in [2.45, 2.75) is 5.41 Å². The molecular weight excluding hydrogens is 492 g/mol. The molecule has 1 heterocycles. The number of aromatic carboxylic acids is 4. The summed E-state index contributed by atoms with van der Waals surface area (Å²) in [6.45, 7) is 0. The Kier molecular flexibility index (Phi) is 5.68. The standard InChI is InChI=1S/C29H18O9/c30-25(31)17-11-21-23(13-19(17)27(34)35)38-24-14-20(28(36)37)18(26(32)33)12-22(24)29(21,15-7-3-1-4-8-15)16-9-5-2-6-10-16/h1-14H,(H,30,31)(H,32,33)(H,34,35)(H,36,37). The summed E-state index contributed by atoms with van der Waals surface area (Å²) < 4.78 is 6.01. The second-order valence-electron chi connectivity index (χ2n) is 8.59. The number of carboxylic acid groups (broad SMARTS) is 4. The van der Waals surface area contributed by atoms with Gasteiger partial charge in [-0.25, -0.2) is 19.2 Å². The Hall–Kier alpha value is -5.44. The number of carbonyl (C=O) groups is 4. The third-order valence-corrected chi connectivity index (χ3v) is 6.60. The zero-order chi connectivity index (χ0) is 27.2. The first-order valence-electron chi connectivity index (χ1n) is 11.2. The van der Waals surface area contributed by atoms with Crippen LogP contribution in [0.4, 0.5) is 0 Å². The van der Waals surface area contributed by atoms with E-state index in [4.69, 9.17) is 4.74 Å². The van der Waals surface area contributed by atoms with Crippen molar-refractivity contribution in [2.24, 2.45) is 0 Å². The van der Waals surface area contributed by atoms with Crippen LogP contribution in [0.1, 0.15) is 63.7 Å². The van der Waals surface area contributed by atoms with E-state index >= 15 is 0 Å². The average molecular weight is 510 g/mol. The third kappa shape index (κ3) is 3.56. The van der Waals surface area contributed by atoms with E-state index in [9.17, 15) is 39.6 Å². The van der Waals surface area contributed by atoms with Crippen LogP contribution in [0.2, 0.25) is 0 Å². The second-order valence-corrected chi connectivity index (χ2v) is 8.59. The largest absolute Gasteiger partial charge is 0.478 e. The first kappa shape index (κ1) is 24.3. The number of ether oxygens (including phenoxy) is 1. The zero-order valence-corrected chi connectivity index (χ0v) is 19.4. The topological polar surface area (TPSA) is 158 Å². The van der Waals surface area contributed by atoms with E-state index in [0.717, 1.165) is 12.1 Å². The fourth-order valence-corrected chi connectivity index (χ4v) is 5.05. The smallest absolute Gasteiger partial charge is 0.336 e. The number of fused-ring (bicyclic) bond motifs is 2. The molecule has 0 radical (unpaired) electrons. The molecule has 1 aliphatic heterocycles. The number of hydrogen-bond acceptors (Lipinski definition) is 5. The highest BCUT2D eigenvalue weighted by Crippen LogP contribution is 2.56. The Balaban J connectivity index is 2.03. The van der Waals surface area contributed by atoms with Crippen molar-refractivity contribution in [1.29, 1.82) is 0 Å². The molecule has 4 aromatic rings. The average Bonchev–Trinajstić information content (AvgIpc) is 2.91. The molecule has 0 aromatic heterocycles. The summed E-state index contributed by atoms with van der Waals surface area (Å²) in [5.41, 5.74) is -1.71. The van der Waals surface area contributed by atoms with Crippen LogP contribution in [0.3, 0.4) is 0 Å². The molecule has 9 heteroatoms. The minimum atomic E-state index is -1.49. The monoisotopic (exact) mass is 510 g/mol. The van der Waals surface area contributed by atoms with Gasteiger partial charge in [-0.2, -0.15) is 0 Å². The van der Waals surface area contributed by atoms with Gasteiger partial charge in [-0.1, -0.05) is 60.7 Å². The van der Waals surface area contributed by atoms with Gasteiger partial charge in [0, 0.05) is 11.1 Å². The van der Waals surface area contributed by atoms with Crippen molar-refractivity contribution in [3.8, 4) is 11.5 Å². The maximum absolute atomic E-state index is 12.2. The van der Waals surface area contributed by atoms with Gasteiger partial charge >= 0.3 is 23.9 Å². The van der Waals surface area contributed by atoms with Crippen LogP contribution in [-0.2, 0) is 5.41 Å². The molecule has 0 atom stereocenters. The Morgan fingerprint density at radius 1 is 0.500 bits per heavy atom. The van der Waals surface area contributed by atoms with Crippen LogP contribution in [0.15, 0.2) is 84.9 Å². The minimum Gasteiger partial charge on any atom is -0.478 e. The Bertz CT molecular complexity index is 1520. The van der Waals surface area contributed by atoms with Crippen LogP contribution < -0.4 is 4.74 Å². The molecule has 4 aromatic carbocycles. The van der Waals surface area contributed by atoms with Gasteiger partial charge < -0.3 is 25.2 Å².